The van der Waals surface area contributed by atoms with Crippen LogP contribution in [-0.4, -0.2) is 0 Å². The largest absolute Gasteiger partial charge is 0.519 e. The normalized spacial score (nSPS) is 10.8. The van der Waals surface area contributed by atoms with Gasteiger partial charge in [0.25, 0.3) is 0 Å². The molecule has 3 rings (SSSR count). The molecule has 0 spiro atoms. The third-order valence-electron chi connectivity index (χ3n) is 2.44. The smallest absolute Gasteiger partial charge is 0.391 e. The van der Waals surface area contributed by atoms with E-state index in [-0.39, 0.29) is 0 Å². The van der Waals surface area contributed by atoms with Crippen molar-refractivity contribution in [3.05, 3.63) is 59.1 Å². The number of fused-ring (bicyclic) bond motifs is 1. The molecule has 3 aromatic rings. The first-order valence-corrected chi connectivity index (χ1v) is 4.93. The fourth-order valence-corrected chi connectivity index (χ4v) is 1.74. The van der Waals surface area contributed by atoms with Crippen LogP contribution >= 0.6 is 0 Å². The summed E-state index contributed by atoms with van der Waals surface area (Å²) in [5.41, 5.74) is 2.84. The SMILES string of the molecule is O=c1oc2cccc(-c3ccccc3)c2o1. The molecule has 0 saturated carbocycles. The number of hydrogen-bond acceptors (Lipinski definition) is 3. The second-order valence-corrected chi connectivity index (χ2v) is 3.45. The maximum atomic E-state index is 11.0. The lowest BCUT2D eigenvalue weighted by atomic mass is 10.1. The molecule has 0 radical (unpaired) electrons. The molecular weight excluding hydrogens is 204 g/mol. The summed E-state index contributed by atoms with van der Waals surface area (Å²) in [5, 5.41) is 0. The molecule has 0 unspecified atom stereocenters. The third kappa shape index (κ3) is 1.34. The van der Waals surface area contributed by atoms with Crippen molar-refractivity contribution in [2.75, 3.05) is 0 Å². The Hall–Kier alpha value is -2.29. The van der Waals surface area contributed by atoms with Crippen LogP contribution in [0.25, 0.3) is 22.3 Å². The van der Waals surface area contributed by atoms with Crippen molar-refractivity contribution in [1.29, 1.82) is 0 Å². The highest BCUT2D eigenvalue weighted by Gasteiger charge is 2.09. The molecule has 2 aromatic carbocycles. The van der Waals surface area contributed by atoms with Gasteiger partial charge in [-0.1, -0.05) is 42.5 Å². The summed E-state index contributed by atoms with van der Waals surface area (Å²) < 4.78 is 9.94. The average molecular weight is 212 g/mol. The molecule has 0 N–H and O–H groups in total. The molecule has 0 aliphatic rings. The Morgan fingerprint density at radius 3 is 2.44 bits per heavy atom. The van der Waals surface area contributed by atoms with Crippen LogP contribution in [0.1, 0.15) is 0 Å². The van der Waals surface area contributed by atoms with Crippen molar-refractivity contribution in [2.24, 2.45) is 0 Å². The van der Waals surface area contributed by atoms with Crippen LogP contribution in [0.3, 0.4) is 0 Å². The molecule has 0 aliphatic heterocycles. The zero-order chi connectivity index (χ0) is 11.0. The fourth-order valence-electron chi connectivity index (χ4n) is 1.74. The van der Waals surface area contributed by atoms with Crippen LogP contribution in [0, 0.1) is 0 Å². The first-order chi connectivity index (χ1) is 7.84. The van der Waals surface area contributed by atoms with Gasteiger partial charge >= 0.3 is 5.82 Å². The van der Waals surface area contributed by atoms with E-state index in [0.29, 0.717) is 11.2 Å². The summed E-state index contributed by atoms with van der Waals surface area (Å²) in [7, 11) is 0. The van der Waals surface area contributed by atoms with E-state index < -0.39 is 5.82 Å². The maximum Gasteiger partial charge on any atom is 0.519 e. The lowest BCUT2D eigenvalue weighted by molar-refractivity contribution is 0.409. The Morgan fingerprint density at radius 2 is 1.62 bits per heavy atom. The fraction of sp³-hybridized carbons (Fsp3) is 0. The molecule has 1 aromatic heterocycles. The minimum atomic E-state index is -0.668. The molecular formula is C13H8O3. The molecule has 1 heterocycles. The molecule has 3 nitrogen and oxygen atoms in total. The number of para-hydroxylation sites is 1. The Kier molecular flexibility index (Phi) is 1.90. The lowest BCUT2D eigenvalue weighted by Crippen LogP contribution is -1.84. The summed E-state index contributed by atoms with van der Waals surface area (Å²) in [6, 6.07) is 15.2. The number of benzene rings is 2. The summed E-state index contributed by atoms with van der Waals surface area (Å²) in [6.07, 6.45) is 0. The quantitative estimate of drug-likeness (QED) is 0.622. The highest BCUT2D eigenvalue weighted by Crippen LogP contribution is 2.27. The van der Waals surface area contributed by atoms with Gasteiger partial charge in [0.1, 0.15) is 0 Å². The van der Waals surface area contributed by atoms with Crippen LogP contribution in [0.4, 0.5) is 0 Å². The van der Waals surface area contributed by atoms with E-state index in [1.807, 2.05) is 42.5 Å². The van der Waals surface area contributed by atoms with E-state index in [1.54, 1.807) is 6.07 Å². The van der Waals surface area contributed by atoms with Crippen molar-refractivity contribution in [2.45, 2.75) is 0 Å². The predicted molar refractivity (Wildman–Crippen MR) is 60.2 cm³/mol. The van der Waals surface area contributed by atoms with Crippen LogP contribution in [0.2, 0.25) is 0 Å². The van der Waals surface area contributed by atoms with E-state index in [9.17, 15) is 4.79 Å². The van der Waals surface area contributed by atoms with Crippen LogP contribution < -0.4 is 5.82 Å². The van der Waals surface area contributed by atoms with Gasteiger partial charge in [-0.3, -0.25) is 0 Å². The zero-order valence-corrected chi connectivity index (χ0v) is 8.34. The topological polar surface area (TPSA) is 43.4 Å². The second-order valence-electron chi connectivity index (χ2n) is 3.45. The third-order valence-corrected chi connectivity index (χ3v) is 2.44. The van der Waals surface area contributed by atoms with E-state index in [4.69, 9.17) is 8.83 Å². The molecule has 0 atom stereocenters. The van der Waals surface area contributed by atoms with E-state index in [0.717, 1.165) is 11.1 Å². The van der Waals surface area contributed by atoms with Gasteiger partial charge in [0.2, 0.25) is 0 Å². The first kappa shape index (κ1) is 8.97. The van der Waals surface area contributed by atoms with Crippen molar-refractivity contribution >= 4 is 11.2 Å². The number of hydrogen-bond donors (Lipinski definition) is 0. The van der Waals surface area contributed by atoms with Gasteiger partial charge in [-0.2, -0.15) is 0 Å². The summed E-state index contributed by atoms with van der Waals surface area (Å²) in [4.78, 5) is 11.0. The van der Waals surface area contributed by atoms with Crippen LogP contribution in [0.15, 0.2) is 62.2 Å². The summed E-state index contributed by atoms with van der Waals surface area (Å²) in [5.74, 6) is -0.668. The van der Waals surface area contributed by atoms with Crippen molar-refractivity contribution in [3.8, 4) is 11.1 Å². The van der Waals surface area contributed by atoms with E-state index >= 15 is 0 Å². The van der Waals surface area contributed by atoms with Gasteiger partial charge in [0, 0.05) is 5.56 Å². The summed E-state index contributed by atoms with van der Waals surface area (Å²) >= 11 is 0. The molecule has 0 amide bonds. The predicted octanol–water partition coefficient (Wildman–Crippen LogP) is 3.05. The minimum absolute atomic E-state index is 0.478. The molecule has 0 saturated heterocycles. The van der Waals surface area contributed by atoms with Crippen LogP contribution in [-0.2, 0) is 0 Å². The van der Waals surface area contributed by atoms with Gasteiger partial charge in [0.05, 0.1) is 0 Å². The Bertz CT molecular complexity index is 677. The second kappa shape index (κ2) is 3.38. The average Bonchev–Trinajstić information content (AvgIpc) is 2.70. The summed E-state index contributed by atoms with van der Waals surface area (Å²) in [6.45, 7) is 0. The van der Waals surface area contributed by atoms with Crippen molar-refractivity contribution in [1.82, 2.24) is 0 Å². The monoisotopic (exact) mass is 212 g/mol. The highest BCUT2D eigenvalue weighted by atomic mass is 16.6. The minimum Gasteiger partial charge on any atom is -0.391 e. The Labute approximate surface area is 90.9 Å². The van der Waals surface area contributed by atoms with Crippen molar-refractivity contribution < 1.29 is 8.83 Å². The van der Waals surface area contributed by atoms with Crippen LogP contribution in [0.5, 0.6) is 0 Å². The highest BCUT2D eigenvalue weighted by molar-refractivity contribution is 5.88. The Morgan fingerprint density at radius 1 is 0.812 bits per heavy atom. The van der Waals surface area contributed by atoms with Gasteiger partial charge < -0.3 is 8.83 Å². The van der Waals surface area contributed by atoms with Gasteiger partial charge in [-0.25, -0.2) is 4.79 Å². The molecule has 0 bridgehead atoms. The lowest BCUT2D eigenvalue weighted by Gasteiger charge is -1.99. The van der Waals surface area contributed by atoms with Gasteiger partial charge in [-0.15, -0.1) is 0 Å². The van der Waals surface area contributed by atoms with Gasteiger partial charge in [-0.05, 0) is 11.6 Å². The van der Waals surface area contributed by atoms with Gasteiger partial charge in [0.15, 0.2) is 11.2 Å². The van der Waals surface area contributed by atoms with E-state index in [2.05, 4.69) is 0 Å². The standard InChI is InChI=1S/C13H8O3/c14-13-15-11-8-4-7-10(12(11)16-13)9-5-2-1-3-6-9/h1-8H. The number of rotatable bonds is 1. The zero-order valence-electron chi connectivity index (χ0n) is 8.34. The first-order valence-electron chi connectivity index (χ1n) is 4.93. The molecule has 0 fully saturated rings. The Balaban J connectivity index is 2.36. The molecule has 78 valence electrons. The van der Waals surface area contributed by atoms with E-state index in [1.165, 1.54) is 0 Å². The molecule has 0 aliphatic carbocycles. The molecule has 16 heavy (non-hydrogen) atoms. The molecule has 3 heteroatoms. The van der Waals surface area contributed by atoms with Crippen molar-refractivity contribution in [3.63, 3.8) is 0 Å². The maximum absolute atomic E-state index is 11.0.